The molecule has 0 aliphatic heterocycles. The lowest BCUT2D eigenvalue weighted by atomic mass is 10.1. The summed E-state index contributed by atoms with van der Waals surface area (Å²) in [6.45, 7) is 1.90. The van der Waals surface area contributed by atoms with Crippen molar-refractivity contribution >= 4 is 34.0 Å². The van der Waals surface area contributed by atoms with Crippen molar-refractivity contribution in [1.29, 1.82) is 0 Å². The van der Waals surface area contributed by atoms with Crippen molar-refractivity contribution in [2.45, 2.75) is 11.8 Å². The molecule has 1 heterocycles. The SMILES string of the molecule is Cc1ccc(S(=O)(=O)Br)c2cccnc12. The summed E-state index contributed by atoms with van der Waals surface area (Å²) >= 11 is 2.68. The van der Waals surface area contributed by atoms with Crippen LogP contribution in [0.1, 0.15) is 5.56 Å². The molecular weight excluding hydrogens is 278 g/mol. The first-order valence-electron chi connectivity index (χ1n) is 4.29. The molecule has 0 atom stereocenters. The molecule has 1 aromatic heterocycles. The van der Waals surface area contributed by atoms with E-state index in [0.29, 0.717) is 5.39 Å². The number of fused-ring (bicyclic) bond motifs is 1. The Bertz CT molecular complexity index is 622. The van der Waals surface area contributed by atoms with Crippen molar-refractivity contribution in [3.8, 4) is 0 Å². The molecule has 0 aliphatic carbocycles. The van der Waals surface area contributed by atoms with Crippen LogP contribution in [-0.4, -0.2) is 13.4 Å². The second-order valence-corrected chi connectivity index (χ2v) is 7.09. The van der Waals surface area contributed by atoms with E-state index >= 15 is 0 Å². The summed E-state index contributed by atoms with van der Waals surface area (Å²) in [5.41, 5.74) is 1.68. The molecule has 0 aliphatic rings. The van der Waals surface area contributed by atoms with E-state index in [0.717, 1.165) is 11.1 Å². The van der Waals surface area contributed by atoms with Crippen LogP contribution in [0.15, 0.2) is 35.4 Å². The summed E-state index contributed by atoms with van der Waals surface area (Å²) in [5.74, 6) is 0. The number of benzene rings is 1. The summed E-state index contributed by atoms with van der Waals surface area (Å²) in [6.07, 6.45) is 1.65. The van der Waals surface area contributed by atoms with Gasteiger partial charge in [-0.3, -0.25) is 4.98 Å². The Balaban J connectivity index is 2.96. The monoisotopic (exact) mass is 285 g/mol. The second-order valence-electron chi connectivity index (χ2n) is 3.22. The topological polar surface area (TPSA) is 47.0 Å². The highest BCUT2D eigenvalue weighted by molar-refractivity contribution is 9.47. The van der Waals surface area contributed by atoms with E-state index in [4.69, 9.17) is 0 Å². The third-order valence-corrected chi connectivity index (χ3v) is 4.12. The molecule has 0 spiro atoms. The first-order valence-corrected chi connectivity index (χ1v) is 7.62. The van der Waals surface area contributed by atoms with Gasteiger partial charge < -0.3 is 0 Å². The van der Waals surface area contributed by atoms with Crippen molar-refractivity contribution in [2.75, 3.05) is 0 Å². The van der Waals surface area contributed by atoms with Crippen LogP contribution in [0.5, 0.6) is 0 Å². The standard InChI is InChI=1S/C10H8BrNO2S/c1-7-4-5-9(15(11,13)14)8-3-2-6-12-10(7)8/h2-6H,1H3. The van der Waals surface area contributed by atoms with Crippen LogP contribution >= 0.6 is 14.8 Å². The Morgan fingerprint density at radius 1 is 1.27 bits per heavy atom. The molecule has 0 saturated carbocycles. The Labute approximate surface area is 95.3 Å². The maximum atomic E-state index is 11.4. The molecule has 0 fully saturated rings. The van der Waals surface area contributed by atoms with Crippen LogP contribution in [0.4, 0.5) is 0 Å². The summed E-state index contributed by atoms with van der Waals surface area (Å²) in [6, 6.07) is 6.82. The van der Waals surface area contributed by atoms with Gasteiger partial charge >= 0.3 is 0 Å². The van der Waals surface area contributed by atoms with Crippen molar-refractivity contribution in [3.05, 3.63) is 36.0 Å². The fraction of sp³-hybridized carbons (Fsp3) is 0.100. The van der Waals surface area contributed by atoms with Gasteiger partial charge in [-0.05, 0) is 30.7 Å². The van der Waals surface area contributed by atoms with Crippen LogP contribution in [0.2, 0.25) is 0 Å². The van der Waals surface area contributed by atoms with Gasteiger partial charge in [-0.25, -0.2) is 8.42 Å². The van der Waals surface area contributed by atoms with Crippen LogP contribution in [0, 0.1) is 6.92 Å². The number of rotatable bonds is 1. The Kier molecular flexibility index (Phi) is 2.52. The summed E-state index contributed by atoms with van der Waals surface area (Å²) in [7, 11) is -3.37. The lowest BCUT2D eigenvalue weighted by Gasteiger charge is -2.04. The average molecular weight is 286 g/mol. The number of hydrogen-bond donors (Lipinski definition) is 0. The average Bonchev–Trinajstić information content (AvgIpc) is 2.17. The van der Waals surface area contributed by atoms with Gasteiger partial charge in [0.15, 0.2) is 0 Å². The molecule has 0 amide bonds. The molecule has 15 heavy (non-hydrogen) atoms. The van der Waals surface area contributed by atoms with Crippen LogP contribution in [0.25, 0.3) is 10.9 Å². The van der Waals surface area contributed by atoms with E-state index in [9.17, 15) is 8.42 Å². The molecule has 1 aromatic carbocycles. The molecule has 78 valence electrons. The lowest BCUT2D eigenvalue weighted by Crippen LogP contribution is -1.94. The third kappa shape index (κ3) is 1.89. The van der Waals surface area contributed by atoms with E-state index in [1.165, 1.54) is 0 Å². The minimum absolute atomic E-state index is 0.260. The van der Waals surface area contributed by atoms with Crippen molar-refractivity contribution < 1.29 is 8.42 Å². The highest BCUT2D eigenvalue weighted by Gasteiger charge is 2.14. The number of aryl methyl sites for hydroxylation is 1. The van der Waals surface area contributed by atoms with Gasteiger partial charge in [0, 0.05) is 11.6 Å². The maximum absolute atomic E-state index is 11.4. The minimum atomic E-state index is -3.37. The minimum Gasteiger partial charge on any atom is -0.256 e. The van der Waals surface area contributed by atoms with E-state index in [1.54, 1.807) is 30.5 Å². The summed E-state index contributed by atoms with van der Waals surface area (Å²) < 4.78 is 22.9. The van der Waals surface area contributed by atoms with Crippen molar-refractivity contribution in [3.63, 3.8) is 0 Å². The van der Waals surface area contributed by atoms with Crippen LogP contribution in [-0.2, 0) is 8.27 Å². The molecule has 2 aromatic rings. The molecule has 0 unspecified atom stereocenters. The number of nitrogens with zero attached hydrogens (tertiary/aromatic N) is 1. The number of halogens is 1. The Morgan fingerprint density at radius 3 is 2.67 bits per heavy atom. The van der Waals surface area contributed by atoms with Gasteiger partial charge in [0.2, 0.25) is 8.27 Å². The second kappa shape index (κ2) is 3.57. The summed E-state index contributed by atoms with van der Waals surface area (Å²) in [5, 5.41) is 0.648. The zero-order valence-electron chi connectivity index (χ0n) is 7.94. The van der Waals surface area contributed by atoms with Gasteiger partial charge in [-0.2, -0.15) is 0 Å². The third-order valence-electron chi connectivity index (χ3n) is 2.19. The predicted octanol–water partition coefficient (Wildman–Crippen LogP) is 2.63. The quantitative estimate of drug-likeness (QED) is 0.757. The Morgan fingerprint density at radius 2 is 2.00 bits per heavy atom. The predicted molar refractivity (Wildman–Crippen MR) is 62.6 cm³/mol. The van der Waals surface area contributed by atoms with Gasteiger partial charge in [-0.1, -0.05) is 6.07 Å². The zero-order valence-corrected chi connectivity index (χ0v) is 10.3. The van der Waals surface area contributed by atoms with Crippen LogP contribution < -0.4 is 0 Å². The molecule has 0 radical (unpaired) electrons. The van der Waals surface area contributed by atoms with Crippen molar-refractivity contribution in [2.24, 2.45) is 0 Å². The lowest BCUT2D eigenvalue weighted by molar-refractivity contribution is 0.612. The molecule has 0 bridgehead atoms. The fourth-order valence-corrected chi connectivity index (χ4v) is 3.01. The molecule has 0 saturated heterocycles. The molecule has 0 N–H and O–H groups in total. The van der Waals surface area contributed by atoms with E-state index < -0.39 is 8.27 Å². The van der Waals surface area contributed by atoms with Gasteiger partial charge in [0.25, 0.3) is 0 Å². The molecule has 2 rings (SSSR count). The van der Waals surface area contributed by atoms with E-state index in [-0.39, 0.29) is 4.90 Å². The fourth-order valence-electron chi connectivity index (χ4n) is 1.50. The van der Waals surface area contributed by atoms with Gasteiger partial charge in [0.05, 0.1) is 25.2 Å². The number of hydrogen-bond acceptors (Lipinski definition) is 3. The van der Waals surface area contributed by atoms with Crippen molar-refractivity contribution in [1.82, 2.24) is 4.98 Å². The highest BCUT2D eigenvalue weighted by atomic mass is 79.9. The molecule has 5 heteroatoms. The zero-order chi connectivity index (χ0) is 11.1. The van der Waals surface area contributed by atoms with Gasteiger partial charge in [0.1, 0.15) is 0 Å². The van der Waals surface area contributed by atoms with Crippen LogP contribution in [0.3, 0.4) is 0 Å². The largest absolute Gasteiger partial charge is 0.256 e. The highest BCUT2D eigenvalue weighted by Crippen LogP contribution is 2.27. The van der Waals surface area contributed by atoms with E-state index in [1.807, 2.05) is 6.92 Å². The molecule has 3 nitrogen and oxygen atoms in total. The number of aromatic nitrogens is 1. The number of pyridine rings is 1. The normalized spacial score (nSPS) is 11.9. The summed E-state index contributed by atoms with van der Waals surface area (Å²) in [4.78, 5) is 4.43. The maximum Gasteiger partial charge on any atom is 0.238 e. The van der Waals surface area contributed by atoms with Gasteiger partial charge in [-0.15, -0.1) is 0 Å². The smallest absolute Gasteiger partial charge is 0.238 e. The molecular formula is C10H8BrNO2S. The first-order chi connectivity index (χ1) is 7.00. The Hall–Kier alpha value is -0.940. The first kappa shape index (κ1) is 10.6. The van der Waals surface area contributed by atoms with E-state index in [2.05, 4.69) is 19.8 Å².